The van der Waals surface area contributed by atoms with Gasteiger partial charge in [-0.05, 0) is 18.7 Å². The Hall–Kier alpha value is -1.42. The molecule has 1 aliphatic rings. The zero-order chi connectivity index (χ0) is 10.8. The van der Waals surface area contributed by atoms with Crippen LogP contribution in [-0.4, -0.2) is 24.9 Å². The number of hydrogen-bond acceptors (Lipinski definition) is 4. The van der Waals surface area contributed by atoms with E-state index < -0.39 is 0 Å². The number of benzene rings is 1. The highest BCUT2D eigenvalue weighted by Gasteiger charge is 2.22. The second kappa shape index (κ2) is 3.98. The third-order valence-corrected chi connectivity index (χ3v) is 2.57. The average molecular weight is 209 g/mol. The number of hydrogen-bond donors (Lipinski definition) is 2. The van der Waals surface area contributed by atoms with Crippen LogP contribution < -0.4 is 15.2 Å². The van der Waals surface area contributed by atoms with Gasteiger partial charge in [0.2, 0.25) is 0 Å². The number of phenols is 1. The van der Waals surface area contributed by atoms with Crippen molar-refractivity contribution >= 4 is 0 Å². The molecule has 1 unspecified atom stereocenters. The first-order valence-electron chi connectivity index (χ1n) is 5.05. The Morgan fingerprint density at radius 3 is 2.87 bits per heavy atom. The summed E-state index contributed by atoms with van der Waals surface area (Å²) in [5.41, 5.74) is 6.34. The summed E-state index contributed by atoms with van der Waals surface area (Å²) in [6.45, 7) is 3.48. The maximum atomic E-state index is 9.78. The molecule has 0 saturated heterocycles. The van der Waals surface area contributed by atoms with E-state index in [-0.39, 0.29) is 11.7 Å². The maximum Gasteiger partial charge on any atom is 0.168 e. The Kier molecular flexibility index (Phi) is 2.68. The average Bonchev–Trinajstić information content (AvgIpc) is 2.28. The van der Waals surface area contributed by atoms with E-state index in [1.54, 1.807) is 12.1 Å². The van der Waals surface area contributed by atoms with Crippen LogP contribution in [0.15, 0.2) is 12.1 Å². The molecular weight excluding hydrogens is 194 g/mol. The summed E-state index contributed by atoms with van der Waals surface area (Å²) in [6, 6.07) is 3.34. The van der Waals surface area contributed by atoms with Crippen LogP contribution in [0.4, 0.5) is 0 Å². The number of phenolic OH excluding ortho intramolecular Hbond substituents is 1. The second-order valence-corrected chi connectivity index (χ2v) is 3.66. The topological polar surface area (TPSA) is 64.7 Å². The summed E-state index contributed by atoms with van der Waals surface area (Å²) in [4.78, 5) is 0. The van der Waals surface area contributed by atoms with Crippen LogP contribution in [0, 0.1) is 0 Å². The van der Waals surface area contributed by atoms with Gasteiger partial charge in [-0.2, -0.15) is 0 Å². The van der Waals surface area contributed by atoms with Crippen molar-refractivity contribution in [1.82, 2.24) is 0 Å². The maximum absolute atomic E-state index is 9.78. The van der Waals surface area contributed by atoms with Crippen molar-refractivity contribution in [2.24, 2.45) is 5.73 Å². The van der Waals surface area contributed by atoms with Crippen LogP contribution in [0.5, 0.6) is 17.2 Å². The van der Waals surface area contributed by atoms with Gasteiger partial charge in [0.25, 0.3) is 0 Å². The van der Waals surface area contributed by atoms with E-state index in [1.165, 1.54) is 0 Å². The molecule has 82 valence electrons. The van der Waals surface area contributed by atoms with Crippen LogP contribution in [-0.2, 0) is 0 Å². The van der Waals surface area contributed by atoms with Gasteiger partial charge in [-0.3, -0.25) is 0 Å². The molecule has 0 spiro atoms. The van der Waals surface area contributed by atoms with Crippen molar-refractivity contribution < 1.29 is 14.6 Å². The molecule has 1 aliphatic heterocycles. The molecule has 15 heavy (non-hydrogen) atoms. The zero-order valence-electron chi connectivity index (χ0n) is 8.69. The van der Waals surface area contributed by atoms with E-state index in [2.05, 4.69) is 0 Å². The molecule has 1 heterocycles. The predicted molar refractivity (Wildman–Crippen MR) is 56.6 cm³/mol. The van der Waals surface area contributed by atoms with E-state index in [0.717, 1.165) is 5.56 Å². The molecule has 3 N–H and O–H groups in total. The number of fused-ring (bicyclic) bond motifs is 1. The van der Waals surface area contributed by atoms with Crippen LogP contribution >= 0.6 is 0 Å². The molecule has 0 aromatic heterocycles. The fraction of sp³-hybridized carbons (Fsp3) is 0.455. The molecule has 0 aliphatic carbocycles. The normalized spacial score (nSPS) is 16.1. The molecule has 0 amide bonds. The van der Waals surface area contributed by atoms with Gasteiger partial charge in [0.15, 0.2) is 11.5 Å². The Morgan fingerprint density at radius 2 is 2.13 bits per heavy atom. The fourth-order valence-corrected chi connectivity index (χ4v) is 1.72. The van der Waals surface area contributed by atoms with E-state index >= 15 is 0 Å². The molecule has 0 fully saturated rings. The largest absolute Gasteiger partial charge is 0.508 e. The Bertz CT molecular complexity index is 365. The van der Waals surface area contributed by atoms with Gasteiger partial charge in [-0.15, -0.1) is 0 Å². The van der Waals surface area contributed by atoms with Crippen molar-refractivity contribution in [2.45, 2.75) is 12.8 Å². The first-order valence-corrected chi connectivity index (χ1v) is 5.05. The van der Waals surface area contributed by atoms with Crippen molar-refractivity contribution in [3.05, 3.63) is 17.7 Å². The quantitative estimate of drug-likeness (QED) is 0.768. The molecule has 4 nitrogen and oxygen atoms in total. The van der Waals surface area contributed by atoms with Gasteiger partial charge in [-0.1, -0.05) is 6.92 Å². The number of rotatable bonds is 2. The molecule has 0 saturated carbocycles. The SMILES string of the molecule is CC(CN)c1c(O)ccc2c1OCCO2. The van der Waals surface area contributed by atoms with Crippen molar-refractivity contribution in [3.8, 4) is 17.2 Å². The van der Waals surface area contributed by atoms with Gasteiger partial charge >= 0.3 is 0 Å². The number of nitrogens with two attached hydrogens (primary N) is 1. The van der Waals surface area contributed by atoms with Gasteiger partial charge < -0.3 is 20.3 Å². The van der Waals surface area contributed by atoms with Crippen LogP contribution in [0.25, 0.3) is 0 Å². The van der Waals surface area contributed by atoms with Gasteiger partial charge in [-0.25, -0.2) is 0 Å². The molecule has 1 atom stereocenters. The predicted octanol–water partition coefficient (Wildman–Crippen LogP) is 1.23. The summed E-state index contributed by atoms with van der Waals surface area (Å²) in [5.74, 6) is 1.60. The number of aromatic hydroxyl groups is 1. The summed E-state index contributed by atoms with van der Waals surface area (Å²) in [7, 11) is 0. The van der Waals surface area contributed by atoms with Crippen LogP contribution in [0.1, 0.15) is 18.4 Å². The lowest BCUT2D eigenvalue weighted by molar-refractivity contribution is 0.168. The molecule has 1 aromatic carbocycles. The van der Waals surface area contributed by atoms with Gasteiger partial charge in [0.1, 0.15) is 19.0 Å². The summed E-state index contributed by atoms with van der Waals surface area (Å²) < 4.78 is 11.0. The zero-order valence-corrected chi connectivity index (χ0v) is 8.69. The minimum atomic E-state index is 0.0571. The van der Waals surface area contributed by atoms with Gasteiger partial charge in [0, 0.05) is 11.5 Å². The molecular formula is C11H15NO3. The lowest BCUT2D eigenvalue weighted by Crippen LogP contribution is -2.18. The first kappa shape index (κ1) is 10.1. The second-order valence-electron chi connectivity index (χ2n) is 3.66. The molecule has 0 radical (unpaired) electrons. The third kappa shape index (κ3) is 1.72. The Balaban J connectivity index is 2.50. The standard InChI is InChI=1S/C11H15NO3/c1-7(6-12)10-8(13)2-3-9-11(10)15-5-4-14-9/h2-3,7,13H,4-6,12H2,1H3. The van der Waals surface area contributed by atoms with Crippen molar-refractivity contribution in [3.63, 3.8) is 0 Å². The Morgan fingerprint density at radius 1 is 1.40 bits per heavy atom. The lowest BCUT2D eigenvalue weighted by atomic mass is 9.98. The molecule has 4 heteroatoms. The van der Waals surface area contributed by atoms with E-state index in [9.17, 15) is 5.11 Å². The smallest absolute Gasteiger partial charge is 0.168 e. The van der Waals surface area contributed by atoms with Crippen LogP contribution in [0.2, 0.25) is 0 Å². The number of ether oxygens (including phenoxy) is 2. The van der Waals surface area contributed by atoms with Crippen LogP contribution in [0.3, 0.4) is 0 Å². The fourth-order valence-electron chi connectivity index (χ4n) is 1.72. The highest BCUT2D eigenvalue weighted by atomic mass is 16.6. The monoisotopic (exact) mass is 209 g/mol. The minimum Gasteiger partial charge on any atom is -0.508 e. The minimum absolute atomic E-state index is 0.0571. The van der Waals surface area contributed by atoms with Crippen molar-refractivity contribution in [2.75, 3.05) is 19.8 Å². The summed E-state index contributed by atoms with van der Waals surface area (Å²) >= 11 is 0. The summed E-state index contributed by atoms with van der Waals surface area (Å²) in [6.07, 6.45) is 0. The molecule has 2 rings (SSSR count). The third-order valence-electron chi connectivity index (χ3n) is 2.57. The molecule has 1 aromatic rings. The highest BCUT2D eigenvalue weighted by Crippen LogP contribution is 2.42. The van der Waals surface area contributed by atoms with E-state index in [0.29, 0.717) is 31.3 Å². The van der Waals surface area contributed by atoms with E-state index in [4.69, 9.17) is 15.2 Å². The summed E-state index contributed by atoms with van der Waals surface area (Å²) in [5, 5.41) is 9.78. The van der Waals surface area contributed by atoms with Gasteiger partial charge in [0.05, 0.1) is 0 Å². The highest BCUT2D eigenvalue weighted by molar-refractivity contribution is 5.55. The van der Waals surface area contributed by atoms with E-state index in [1.807, 2.05) is 6.92 Å². The lowest BCUT2D eigenvalue weighted by Gasteiger charge is -2.23. The molecule has 0 bridgehead atoms. The first-order chi connectivity index (χ1) is 7.24. The Labute approximate surface area is 88.6 Å². The van der Waals surface area contributed by atoms with Crippen molar-refractivity contribution in [1.29, 1.82) is 0 Å².